The van der Waals surface area contributed by atoms with Gasteiger partial charge in [-0.05, 0) is 22.4 Å². The fraction of sp³-hybridized carbons (Fsp3) is 0.200. The summed E-state index contributed by atoms with van der Waals surface area (Å²) in [5.41, 5.74) is 6.24. The second-order valence-electron chi connectivity index (χ2n) is 3.48. The van der Waals surface area contributed by atoms with E-state index in [1.807, 2.05) is 18.2 Å². The molecule has 0 atom stereocenters. The van der Waals surface area contributed by atoms with Crippen molar-refractivity contribution in [3.63, 3.8) is 0 Å². The van der Waals surface area contributed by atoms with Crippen molar-refractivity contribution in [3.8, 4) is 0 Å². The molecule has 0 aliphatic heterocycles. The largest absolute Gasteiger partial charge is 0.379 e. The smallest absolute Gasteiger partial charge is 0.280 e. The first-order chi connectivity index (χ1) is 8.18. The van der Waals surface area contributed by atoms with Crippen LogP contribution in [0.1, 0.15) is 16.2 Å². The number of hydrogen-bond donors (Lipinski definition) is 1. The number of hydrogen-bond acceptors (Lipinski definition) is 6. The Morgan fingerprint density at radius 1 is 1.47 bits per heavy atom. The van der Waals surface area contributed by atoms with Gasteiger partial charge >= 0.3 is 0 Å². The molecule has 0 spiro atoms. The Morgan fingerprint density at radius 2 is 2.29 bits per heavy atom. The van der Waals surface area contributed by atoms with Crippen LogP contribution in [0.3, 0.4) is 0 Å². The van der Waals surface area contributed by atoms with Crippen LogP contribution >= 0.6 is 0 Å². The molecule has 7 heteroatoms. The van der Waals surface area contributed by atoms with Crippen molar-refractivity contribution in [1.29, 1.82) is 0 Å². The van der Waals surface area contributed by atoms with Crippen LogP contribution < -0.4 is 5.73 Å². The molecular weight excluding hydrogens is 222 g/mol. The van der Waals surface area contributed by atoms with E-state index in [-0.39, 0.29) is 17.4 Å². The lowest BCUT2D eigenvalue weighted by atomic mass is 10.3. The fourth-order valence-corrected chi connectivity index (χ4v) is 1.33. The third kappa shape index (κ3) is 2.39. The van der Waals surface area contributed by atoms with Crippen molar-refractivity contribution in [2.75, 3.05) is 12.8 Å². The lowest BCUT2D eigenvalue weighted by molar-refractivity contribution is 0.0773. The van der Waals surface area contributed by atoms with E-state index in [0.29, 0.717) is 6.54 Å². The van der Waals surface area contributed by atoms with Gasteiger partial charge in [-0.3, -0.25) is 9.78 Å². The van der Waals surface area contributed by atoms with Gasteiger partial charge in [0.05, 0.1) is 12.2 Å². The zero-order chi connectivity index (χ0) is 12.3. The van der Waals surface area contributed by atoms with Gasteiger partial charge in [-0.1, -0.05) is 6.07 Å². The van der Waals surface area contributed by atoms with E-state index in [1.54, 1.807) is 13.2 Å². The van der Waals surface area contributed by atoms with Gasteiger partial charge in [-0.15, -0.1) is 0 Å². The Balaban J connectivity index is 2.09. The normalized spacial score (nSPS) is 10.2. The second-order valence-corrected chi connectivity index (χ2v) is 3.48. The van der Waals surface area contributed by atoms with Crippen molar-refractivity contribution in [3.05, 3.63) is 35.8 Å². The summed E-state index contributed by atoms with van der Waals surface area (Å²) >= 11 is 0. The highest BCUT2D eigenvalue weighted by Gasteiger charge is 2.20. The van der Waals surface area contributed by atoms with E-state index in [0.717, 1.165) is 5.69 Å². The number of carbonyl (C=O) groups is 1. The van der Waals surface area contributed by atoms with E-state index in [4.69, 9.17) is 5.73 Å². The summed E-state index contributed by atoms with van der Waals surface area (Å²) in [4.78, 5) is 17.4. The van der Waals surface area contributed by atoms with Gasteiger partial charge < -0.3 is 10.6 Å². The zero-order valence-electron chi connectivity index (χ0n) is 9.20. The summed E-state index contributed by atoms with van der Waals surface area (Å²) in [6, 6.07) is 5.49. The van der Waals surface area contributed by atoms with E-state index in [1.165, 1.54) is 4.90 Å². The molecule has 0 unspecified atom stereocenters. The molecule has 17 heavy (non-hydrogen) atoms. The quantitative estimate of drug-likeness (QED) is 0.819. The van der Waals surface area contributed by atoms with Gasteiger partial charge in [-0.2, -0.15) is 0 Å². The summed E-state index contributed by atoms with van der Waals surface area (Å²) in [5.74, 6) is -0.364. The molecule has 0 bridgehead atoms. The summed E-state index contributed by atoms with van der Waals surface area (Å²) in [5, 5.41) is 6.81. The van der Waals surface area contributed by atoms with Crippen molar-refractivity contribution < 1.29 is 9.42 Å². The van der Waals surface area contributed by atoms with Crippen LogP contribution in [0.2, 0.25) is 0 Å². The highest BCUT2D eigenvalue weighted by molar-refractivity contribution is 5.95. The van der Waals surface area contributed by atoms with E-state index >= 15 is 0 Å². The molecule has 1 amide bonds. The number of aromatic nitrogens is 3. The molecule has 0 aromatic carbocycles. The summed E-state index contributed by atoms with van der Waals surface area (Å²) in [6.07, 6.45) is 1.67. The Hall–Kier alpha value is -2.44. The number of nitrogens with zero attached hydrogens (tertiary/aromatic N) is 4. The van der Waals surface area contributed by atoms with Gasteiger partial charge in [0.15, 0.2) is 0 Å². The minimum atomic E-state index is -0.352. The fourth-order valence-electron chi connectivity index (χ4n) is 1.33. The van der Waals surface area contributed by atoms with Gasteiger partial charge in [0.25, 0.3) is 5.91 Å². The molecule has 7 nitrogen and oxygen atoms in total. The third-order valence-electron chi connectivity index (χ3n) is 2.19. The van der Waals surface area contributed by atoms with Crippen LogP contribution in [0.25, 0.3) is 0 Å². The minimum Gasteiger partial charge on any atom is -0.379 e. The number of rotatable bonds is 3. The van der Waals surface area contributed by atoms with E-state index < -0.39 is 0 Å². The first kappa shape index (κ1) is 11.1. The molecule has 2 rings (SSSR count). The van der Waals surface area contributed by atoms with Crippen LogP contribution in [0.15, 0.2) is 29.0 Å². The van der Waals surface area contributed by atoms with Crippen LogP contribution in [-0.2, 0) is 6.54 Å². The molecule has 2 aromatic rings. The van der Waals surface area contributed by atoms with Crippen LogP contribution in [-0.4, -0.2) is 33.2 Å². The predicted octanol–water partition coefficient (Wildman–Crippen LogP) is 0.319. The van der Waals surface area contributed by atoms with Gasteiger partial charge in [0.1, 0.15) is 0 Å². The Morgan fingerprint density at radius 3 is 2.88 bits per heavy atom. The Labute approximate surface area is 97.2 Å². The molecule has 0 aliphatic carbocycles. The molecule has 0 aliphatic rings. The minimum absolute atomic E-state index is 0.0112. The standard InChI is InChI=1S/C10H11N5O2/c1-15(6-7-4-2-3-5-12-7)10(16)8-9(11)14-17-13-8/h2-5H,6H2,1H3,(H2,11,14). The molecule has 0 saturated heterocycles. The predicted molar refractivity (Wildman–Crippen MR) is 58.7 cm³/mol. The molecular formula is C10H11N5O2. The number of pyridine rings is 1. The average Bonchev–Trinajstić information content (AvgIpc) is 2.76. The molecule has 0 fully saturated rings. The van der Waals surface area contributed by atoms with E-state index in [2.05, 4.69) is 19.9 Å². The number of amides is 1. The highest BCUT2D eigenvalue weighted by Crippen LogP contribution is 2.09. The highest BCUT2D eigenvalue weighted by atomic mass is 16.6. The van der Waals surface area contributed by atoms with Gasteiger partial charge in [0, 0.05) is 13.2 Å². The topological polar surface area (TPSA) is 98.1 Å². The SMILES string of the molecule is CN(Cc1ccccn1)C(=O)c1nonc1N. The summed E-state index contributed by atoms with van der Waals surface area (Å²) in [7, 11) is 1.63. The molecule has 88 valence electrons. The van der Waals surface area contributed by atoms with E-state index in [9.17, 15) is 4.79 Å². The lowest BCUT2D eigenvalue weighted by Crippen LogP contribution is -2.27. The second kappa shape index (κ2) is 4.60. The number of carbonyl (C=O) groups excluding carboxylic acids is 1. The summed E-state index contributed by atoms with van der Waals surface area (Å²) < 4.78 is 4.38. The zero-order valence-corrected chi connectivity index (χ0v) is 9.20. The third-order valence-corrected chi connectivity index (χ3v) is 2.19. The maximum absolute atomic E-state index is 11.9. The van der Waals surface area contributed by atoms with Crippen LogP contribution in [0, 0.1) is 0 Å². The van der Waals surface area contributed by atoms with Crippen molar-refractivity contribution in [2.45, 2.75) is 6.54 Å². The molecule has 0 saturated carbocycles. The Kier molecular flexibility index (Phi) is 2.99. The number of nitrogens with two attached hydrogens (primary N) is 1. The van der Waals surface area contributed by atoms with Gasteiger partial charge in [0.2, 0.25) is 11.5 Å². The molecule has 0 radical (unpaired) electrons. The number of nitrogen functional groups attached to an aromatic ring is 1. The molecule has 2 N–H and O–H groups in total. The lowest BCUT2D eigenvalue weighted by Gasteiger charge is -2.14. The first-order valence-corrected chi connectivity index (χ1v) is 4.92. The van der Waals surface area contributed by atoms with Crippen molar-refractivity contribution in [1.82, 2.24) is 20.2 Å². The van der Waals surface area contributed by atoms with Gasteiger partial charge in [-0.25, -0.2) is 4.63 Å². The Bertz CT molecular complexity index is 510. The monoisotopic (exact) mass is 233 g/mol. The maximum Gasteiger partial charge on any atom is 0.280 e. The first-order valence-electron chi connectivity index (χ1n) is 4.92. The van der Waals surface area contributed by atoms with Crippen molar-refractivity contribution >= 4 is 11.7 Å². The average molecular weight is 233 g/mol. The van der Waals surface area contributed by atoms with Crippen LogP contribution in [0.5, 0.6) is 0 Å². The van der Waals surface area contributed by atoms with Crippen LogP contribution in [0.4, 0.5) is 5.82 Å². The van der Waals surface area contributed by atoms with Crippen molar-refractivity contribution in [2.24, 2.45) is 0 Å². The molecule has 2 heterocycles. The number of anilines is 1. The summed E-state index contributed by atoms with van der Waals surface area (Å²) in [6.45, 7) is 0.367. The maximum atomic E-state index is 11.9. The molecule has 2 aromatic heterocycles.